The molecule has 0 atom stereocenters. The fourth-order valence-electron chi connectivity index (χ4n) is 1.84. The zero-order chi connectivity index (χ0) is 13.0. The van der Waals surface area contributed by atoms with Crippen molar-refractivity contribution in [3.05, 3.63) is 42.1 Å². The van der Waals surface area contributed by atoms with Crippen LogP contribution in [0.3, 0.4) is 0 Å². The summed E-state index contributed by atoms with van der Waals surface area (Å²) in [7, 11) is -3.16. The lowest BCUT2D eigenvalue weighted by Crippen LogP contribution is -2.12. The van der Waals surface area contributed by atoms with Gasteiger partial charge in [-0.2, -0.15) is 0 Å². The van der Waals surface area contributed by atoms with Gasteiger partial charge in [0.2, 0.25) is 0 Å². The first-order chi connectivity index (χ1) is 8.62. The van der Waals surface area contributed by atoms with Crippen LogP contribution < -0.4 is 0 Å². The molecular formula is C14H13NO2S. The van der Waals surface area contributed by atoms with Crippen molar-refractivity contribution in [1.82, 2.24) is 4.98 Å². The van der Waals surface area contributed by atoms with E-state index < -0.39 is 9.84 Å². The van der Waals surface area contributed by atoms with E-state index >= 15 is 0 Å². The first-order valence-electron chi connectivity index (χ1n) is 5.59. The van der Waals surface area contributed by atoms with E-state index in [4.69, 9.17) is 6.42 Å². The highest BCUT2D eigenvalue weighted by atomic mass is 32.2. The van der Waals surface area contributed by atoms with E-state index in [1.807, 2.05) is 30.3 Å². The lowest BCUT2D eigenvalue weighted by Gasteiger charge is -2.05. The molecule has 0 aliphatic carbocycles. The molecule has 1 heterocycles. The van der Waals surface area contributed by atoms with Crippen LogP contribution in [-0.4, -0.2) is 24.9 Å². The summed E-state index contributed by atoms with van der Waals surface area (Å²) in [5, 5.41) is 0.996. The van der Waals surface area contributed by atoms with E-state index in [2.05, 4.69) is 10.9 Å². The van der Waals surface area contributed by atoms with Gasteiger partial charge in [-0.1, -0.05) is 24.1 Å². The molecule has 92 valence electrons. The van der Waals surface area contributed by atoms with Crippen LogP contribution in [0.2, 0.25) is 0 Å². The highest BCUT2D eigenvalue weighted by molar-refractivity contribution is 7.91. The van der Waals surface area contributed by atoms with Gasteiger partial charge in [-0.15, -0.1) is 6.42 Å². The van der Waals surface area contributed by atoms with Gasteiger partial charge in [0.25, 0.3) is 0 Å². The van der Waals surface area contributed by atoms with Crippen LogP contribution in [0.5, 0.6) is 0 Å². The number of terminal acetylenes is 1. The van der Waals surface area contributed by atoms with Crippen molar-refractivity contribution < 1.29 is 8.42 Å². The number of hydrogen-bond acceptors (Lipinski definition) is 3. The predicted octanol–water partition coefficient (Wildman–Crippen LogP) is 1.83. The highest BCUT2D eigenvalue weighted by Crippen LogP contribution is 2.17. The second kappa shape index (κ2) is 5.19. The van der Waals surface area contributed by atoms with E-state index in [0.29, 0.717) is 6.42 Å². The molecule has 1 aromatic heterocycles. The van der Waals surface area contributed by atoms with Gasteiger partial charge in [0, 0.05) is 11.6 Å². The minimum Gasteiger partial charge on any atom is -0.256 e. The highest BCUT2D eigenvalue weighted by Gasteiger charge is 2.10. The number of para-hydroxylation sites is 1. The molecule has 0 radical (unpaired) electrons. The van der Waals surface area contributed by atoms with E-state index in [-0.39, 0.29) is 11.5 Å². The summed E-state index contributed by atoms with van der Waals surface area (Å²) in [6, 6.07) is 9.55. The fraction of sp³-hybridized carbons (Fsp3) is 0.214. The summed E-state index contributed by atoms with van der Waals surface area (Å²) < 4.78 is 23.2. The molecule has 0 saturated carbocycles. The molecule has 0 unspecified atom stereocenters. The lowest BCUT2D eigenvalue weighted by molar-refractivity contribution is 0.599. The molecule has 0 aliphatic heterocycles. The molecule has 2 aromatic rings. The molecule has 0 fully saturated rings. The third kappa shape index (κ3) is 2.88. The van der Waals surface area contributed by atoms with Gasteiger partial charge in [-0.25, -0.2) is 8.42 Å². The molecule has 1 aromatic carbocycles. The van der Waals surface area contributed by atoms with Gasteiger partial charge in [-0.3, -0.25) is 4.98 Å². The quantitative estimate of drug-likeness (QED) is 0.787. The number of fused-ring (bicyclic) bond motifs is 1. The summed E-state index contributed by atoms with van der Waals surface area (Å²) >= 11 is 0. The molecule has 0 saturated heterocycles. The normalized spacial score (nSPS) is 11.3. The maximum absolute atomic E-state index is 11.6. The average molecular weight is 259 g/mol. The zero-order valence-electron chi connectivity index (χ0n) is 9.83. The predicted molar refractivity (Wildman–Crippen MR) is 72.9 cm³/mol. The topological polar surface area (TPSA) is 47.0 Å². The SMILES string of the molecule is C#CCS(=O)(=O)CCc1ccnc2ccccc12. The lowest BCUT2D eigenvalue weighted by atomic mass is 10.1. The molecule has 0 aliphatic rings. The molecule has 0 amide bonds. The summed E-state index contributed by atoms with van der Waals surface area (Å²) in [5.41, 5.74) is 1.87. The molecule has 0 N–H and O–H groups in total. The summed E-state index contributed by atoms with van der Waals surface area (Å²) in [6.45, 7) is 0. The Morgan fingerprint density at radius 2 is 2.00 bits per heavy atom. The Morgan fingerprint density at radius 1 is 1.22 bits per heavy atom. The largest absolute Gasteiger partial charge is 0.256 e. The van der Waals surface area contributed by atoms with Crippen molar-refractivity contribution in [2.45, 2.75) is 6.42 Å². The van der Waals surface area contributed by atoms with Crippen molar-refractivity contribution in [3.63, 3.8) is 0 Å². The zero-order valence-corrected chi connectivity index (χ0v) is 10.7. The summed E-state index contributed by atoms with van der Waals surface area (Å²) in [5.74, 6) is 2.06. The van der Waals surface area contributed by atoms with E-state index in [1.165, 1.54) is 0 Å². The number of pyridine rings is 1. The van der Waals surface area contributed by atoms with Gasteiger partial charge in [0.1, 0.15) is 5.75 Å². The van der Waals surface area contributed by atoms with Crippen LogP contribution >= 0.6 is 0 Å². The van der Waals surface area contributed by atoms with Gasteiger partial charge in [0.05, 0.1) is 11.3 Å². The van der Waals surface area contributed by atoms with E-state index in [0.717, 1.165) is 16.5 Å². The van der Waals surface area contributed by atoms with Crippen LogP contribution in [-0.2, 0) is 16.3 Å². The molecule has 2 rings (SSSR count). The average Bonchev–Trinajstić information content (AvgIpc) is 2.36. The number of benzene rings is 1. The van der Waals surface area contributed by atoms with E-state index in [1.54, 1.807) is 6.20 Å². The number of aryl methyl sites for hydroxylation is 1. The maximum Gasteiger partial charge on any atom is 0.161 e. The number of aromatic nitrogens is 1. The second-order valence-electron chi connectivity index (χ2n) is 4.03. The minimum absolute atomic E-state index is 0.0746. The molecule has 4 heteroatoms. The number of rotatable bonds is 4. The van der Waals surface area contributed by atoms with Crippen molar-refractivity contribution in [3.8, 4) is 12.3 Å². The number of hydrogen-bond donors (Lipinski definition) is 0. The smallest absolute Gasteiger partial charge is 0.161 e. The van der Waals surface area contributed by atoms with Gasteiger partial charge in [0.15, 0.2) is 9.84 Å². The van der Waals surface area contributed by atoms with Gasteiger partial charge < -0.3 is 0 Å². The summed E-state index contributed by atoms with van der Waals surface area (Å²) in [6.07, 6.45) is 7.20. The Labute approximate surface area is 107 Å². The van der Waals surface area contributed by atoms with Crippen LogP contribution in [0.15, 0.2) is 36.5 Å². The third-order valence-corrected chi connectivity index (χ3v) is 4.16. The van der Waals surface area contributed by atoms with Crippen molar-refractivity contribution in [1.29, 1.82) is 0 Å². The Hall–Kier alpha value is -1.86. The summed E-state index contributed by atoms with van der Waals surface area (Å²) in [4.78, 5) is 4.24. The first kappa shape index (κ1) is 12.6. The maximum atomic E-state index is 11.6. The van der Waals surface area contributed by atoms with Crippen molar-refractivity contribution >= 4 is 20.7 Å². The van der Waals surface area contributed by atoms with Crippen molar-refractivity contribution in [2.24, 2.45) is 0 Å². The Balaban J connectivity index is 2.26. The first-order valence-corrected chi connectivity index (χ1v) is 7.41. The van der Waals surface area contributed by atoms with Crippen LogP contribution in [0.25, 0.3) is 10.9 Å². The molecule has 0 bridgehead atoms. The minimum atomic E-state index is -3.16. The van der Waals surface area contributed by atoms with Gasteiger partial charge in [-0.05, 0) is 24.1 Å². The standard InChI is InChI=1S/C14H13NO2S/c1-2-10-18(16,17)11-8-12-7-9-15-14-6-4-3-5-13(12)14/h1,3-7,9H,8,10-11H2. The van der Waals surface area contributed by atoms with Crippen LogP contribution in [0.1, 0.15) is 5.56 Å². The number of nitrogens with zero attached hydrogens (tertiary/aromatic N) is 1. The Bertz CT molecular complexity index is 694. The molecular weight excluding hydrogens is 246 g/mol. The number of sulfone groups is 1. The monoisotopic (exact) mass is 259 g/mol. The fourth-order valence-corrected chi connectivity index (χ4v) is 2.77. The van der Waals surface area contributed by atoms with Crippen molar-refractivity contribution in [2.75, 3.05) is 11.5 Å². The molecule has 18 heavy (non-hydrogen) atoms. The van der Waals surface area contributed by atoms with Gasteiger partial charge >= 0.3 is 0 Å². The Kier molecular flexibility index (Phi) is 3.63. The molecule has 0 spiro atoms. The molecule has 3 nitrogen and oxygen atoms in total. The van der Waals surface area contributed by atoms with E-state index in [9.17, 15) is 8.42 Å². The Morgan fingerprint density at radius 3 is 2.78 bits per heavy atom. The third-order valence-electron chi connectivity index (χ3n) is 2.72. The second-order valence-corrected chi connectivity index (χ2v) is 6.22. The van der Waals surface area contributed by atoms with Crippen LogP contribution in [0, 0.1) is 12.3 Å². The van der Waals surface area contributed by atoms with Crippen LogP contribution in [0.4, 0.5) is 0 Å².